The summed E-state index contributed by atoms with van der Waals surface area (Å²) in [6, 6.07) is 0.819. The van der Waals surface area contributed by atoms with Crippen LogP contribution >= 0.6 is 0 Å². The van der Waals surface area contributed by atoms with Gasteiger partial charge in [-0.2, -0.15) is 0 Å². The Morgan fingerprint density at radius 1 is 1.08 bits per heavy atom. The molecule has 1 nitrogen and oxygen atoms in total. The number of hydrogen-bond acceptors (Lipinski definition) is 1. The largest absolute Gasteiger partial charge is 0.313 e. The normalized spacial score (nSPS) is 28.4. The molecule has 0 unspecified atom stereocenters. The highest BCUT2D eigenvalue weighted by Gasteiger charge is 2.29. The minimum atomic E-state index is 0.391. The monoisotopic (exact) mass is 180 g/mol. The molecule has 13 heavy (non-hydrogen) atoms. The molecule has 2 aliphatic rings. The molecule has 2 fully saturated rings. The van der Waals surface area contributed by atoms with Gasteiger partial charge in [0.1, 0.15) is 0 Å². The molecule has 0 aliphatic heterocycles. The fourth-order valence-electron chi connectivity index (χ4n) is 2.79. The quantitative estimate of drug-likeness (QED) is 0.704. The molecule has 0 amide bonds. The Balaban J connectivity index is 1.71. The predicted octanol–water partition coefficient (Wildman–Crippen LogP) is 2.91. The van der Waals surface area contributed by atoms with E-state index in [2.05, 4.69) is 12.2 Å². The minimum absolute atomic E-state index is 0.391. The van der Waals surface area contributed by atoms with Crippen LogP contribution in [-0.2, 0) is 0 Å². The predicted molar refractivity (Wildman–Crippen MR) is 56.5 cm³/mol. The Labute approximate surface area is 82.3 Å². The first-order valence-corrected chi connectivity index (χ1v) is 5.87. The summed E-state index contributed by atoms with van der Waals surface area (Å²) < 4.78 is 0. The van der Waals surface area contributed by atoms with Gasteiger partial charge in [0.2, 0.25) is 0 Å². The Hall–Kier alpha value is -0.0400. The maximum absolute atomic E-state index is 4.37. The molecule has 75 valence electrons. The molecule has 2 aliphatic carbocycles. The average molecular weight is 180 g/mol. The van der Waals surface area contributed by atoms with Crippen LogP contribution in [0.25, 0.3) is 0 Å². The van der Waals surface area contributed by atoms with Gasteiger partial charge >= 0.3 is 0 Å². The summed E-state index contributed by atoms with van der Waals surface area (Å²) >= 11 is 0. The van der Waals surface area contributed by atoms with Gasteiger partial charge in [-0.1, -0.05) is 25.7 Å². The topological polar surface area (TPSA) is 12.0 Å². The molecule has 1 N–H and O–H groups in total. The highest BCUT2D eigenvalue weighted by molar-refractivity contribution is 4.90. The first kappa shape index (κ1) is 9.51. The summed E-state index contributed by atoms with van der Waals surface area (Å²) in [6.45, 7) is 5.53. The van der Waals surface area contributed by atoms with Gasteiger partial charge in [-0.3, -0.25) is 0 Å². The summed E-state index contributed by atoms with van der Waals surface area (Å²) in [4.78, 5) is 0. The van der Waals surface area contributed by atoms with E-state index >= 15 is 0 Å². The zero-order chi connectivity index (χ0) is 9.15. The fraction of sp³-hybridized carbons (Fsp3) is 0.917. The lowest BCUT2D eigenvalue weighted by Gasteiger charge is -2.26. The molecule has 2 saturated carbocycles. The van der Waals surface area contributed by atoms with Crippen LogP contribution in [0.15, 0.2) is 0 Å². The molecule has 2 rings (SSSR count). The summed E-state index contributed by atoms with van der Waals surface area (Å²) in [5.74, 6) is 0. The van der Waals surface area contributed by atoms with Crippen molar-refractivity contribution in [2.24, 2.45) is 5.41 Å². The minimum Gasteiger partial charge on any atom is -0.313 e. The van der Waals surface area contributed by atoms with Crippen molar-refractivity contribution in [1.29, 1.82) is 0 Å². The van der Waals surface area contributed by atoms with Crippen molar-refractivity contribution in [1.82, 2.24) is 5.32 Å². The maximum atomic E-state index is 4.37. The van der Waals surface area contributed by atoms with E-state index in [0.29, 0.717) is 5.41 Å². The molecule has 0 aromatic heterocycles. The number of nitrogens with one attached hydrogen (secondary N) is 1. The van der Waals surface area contributed by atoms with Gasteiger partial charge in [-0.05, 0) is 38.0 Å². The Morgan fingerprint density at radius 2 is 1.69 bits per heavy atom. The number of hydrogen-bond donors (Lipinski definition) is 1. The lowest BCUT2D eigenvalue weighted by Crippen LogP contribution is -2.35. The van der Waals surface area contributed by atoms with Crippen molar-refractivity contribution in [3.63, 3.8) is 0 Å². The molecule has 0 aromatic carbocycles. The van der Waals surface area contributed by atoms with Crippen molar-refractivity contribution in [2.75, 3.05) is 6.54 Å². The maximum Gasteiger partial charge on any atom is 0.00672 e. The van der Waals surface area contributed by atoms with Crippen molar-refractivity contribution >= 4 is 0 Å². The van der Waals surface area contributed by atoms with Gasteiger partial charge in [-0.25, -0.2) is 0 Å². The summed E-state index contributed by atoms with van der Waals surface area (Å²) in [5, 5.41) is 3.70. The van der Waals surface area contributed by atoms with E-state index < -0.39 is 0 Å². The van der Waals surface area contributed by atoms with Gasteiger partial charge in [0, 0.05) is 12.6 Å². The van der Waals surface area contributed by atoms with E-state index in [1.807, 2.05) is 0 Å². The van der Waals surface area contributed by atoms with Gasteiger partial charge in [-0.15, -0.1) is 0 Å². The van der Waals surface area contributed by atoms with Crippen LogP contribution in [0.1, 0.15) is 51.4 Å². The first-order chi connectivity index (χ1) is 6.29. The third-order valence-electron chi connectivity index (χ3n) is 3.79. The third kappa shape index (κ3) is 2.46. The second kappa shape index (κ2) is 4.00. The number of rotatable bonds is 3. The highest BCUT2D eigenvalue weighted by atomic mass is 14.9. The zero-order valence-corrected chi connectivity index (χ0v) is 8.65. The Kier molecular flexibility index (Phi) is 2.92. The van der Waals surface area contributed by atoms with Gasteiger partial charge in [0.05, 0.1) is 0 Å². The van der Waals surface area contributed by atoms with E-state index in [0.717, 1.165) is 12.6 Å². The highest BCUT2D eigenvalue weighted by Crippen LogP contribution is 2.36. The van der Waals surface area contributed by atoms with E-state index in [-0.39, 0.29) is 0 Å². The standard InChI is InChI=1S/C12H22N/c1-12(8-4-5-9-12)10-13-11-6-2-3-7-11/h11,13H,1-10H2. The molecule has 0 spiro atoms. The molecule has 0 bridgehead atoms. The molecule has 0 saturated heterocycles. The molecular formula is C12H22N. The Bertz CT molecular complexity index is 153. The fourth-order valence-corrected chi connectivity index (χ4v) is 2.79. The lowest BCUT2D eigenvalue weighted by atomic mass is 9.88. The molecular weight excluding hydrogens is 158 g/mol. The van der Waals surface area contributed by atoms with Gasteiger partial charge < -0.3 is 5.32 Å². The Morgan fingerprint density at radius 3 is 2.31 bits per heavy atom. The smallest absolute Gasteiger partial charge is 0.00672 e. The molecule has 0 atom stereocenters. The van der Waals surface area contributed by atoms with Crippen LogP contribution in [0.2, 0.25) is 0 Å². The van der Waals surface area contributed by atoms with Crippen LogP contribution in [-0.4, -0.2) is 12.6 Å². The molecule has 0 heterocycles. The van der Waals surface area contributed by atoms with Crippen LogP contribution < -0.4 is 5.32 Å². The SMILES string of the molecule is [CH2]C1(CNC2CCCC2)CCCC1. The van der Waals surface area contributed by atoms with E-state index in [1.165, 1.54) is 51.4 Å². The molecule has 0 aromatic rings. The molecule has 1 radical (unpaired) electrons. The summed E-state index contributed by atoms with van der Waals surface area (Å²) in [7, 11) is 0. The van der Waals surface area contributed by atoms with Crippen LogP contribution in [0, 0.1) is 12.3 Å². The van der Waals surface area contributed by atoms with Gasteiger partial charge in [0.15, 0.2) is 0 Å². The first-order valence-electron chi connectivity index (χ1n) is 5.87. The second-order valence-corrected chi connectivity index (χ2v) is 5.07. The second-order valence-electron chi connectivity index (χ2n) is 5.07. The van der Waals surface area contributed by atoms with E-state index in [1.54, 1.807) is 0 Å². The third-order valence-corrected chi connectivity index (χ3v) is 3.79. The van der Waals surface area contributed by atoms with Gasteiger partial charge in [0.25, 0.3) is 0 Å². The summed E-state index contributed by atoms with van der Waals surface area (Å²) in [6.07, 6.45) is 11.1. The molecule has 1 heteroatoms. The van der Waals surface area contributed by atoms with Crippen molar-refractivity contribution in [3.8, 4) is 0 Å². The van der Waals surface area contributed by atoms with Crippen LogP contribution in [0.5, 0.6) is 0 Å². The van der Waals surface area contributed by atoms with Crippen molar-refractivity contribution in [2.45, 2.75) is 57.4 Å². The van der Waals surface area contributed by atoms with Crippen molar-refractivity contribution in [3.05, 3.63) is 6.92 Å². The average Bonchev–Trinajstić information content (AvgIpc) is 2.72. The van der Waals surface area contributed by atoms with E-state index in [9.17, 15) is 0 Å². The lowest BCUT2D eigenvalue weighted by molar-refractivity contribution is 0.337. The van der Waals surface area contributed by atoms with Crippen molar-refractivity contribution < 1.29 is 0 Å². The van der Waals surface area contributed by atoms with Crippen LogP contribution in [0.3, 0.4) is 0 Å². The van der Waals surface area contributed by atoms with E-state index in [4.69, 9.17) is 0 Å². The van der Waals surface area contributed by atoms with Crippen LogP contribution in [0.4, 0.5) is 0 Å². The zero-order valence-electron chi connectivity index (χ0n) is 8.65. The summed E-state index contributed by atoms with van der Waals surface area (Å²) in [5.41, 5.74) is 0.391.